The molecule has 114 valence electrons. The highest BCUT2D eigenvalue weighted by molar-refractivity contribution is 5.54. The van der Waals surface area contributed by atoms with Crippen molar-refractivity contribution in [3.05, 3.63) is 56.0 Å². The summed E-state index contributed by atoms with van der Waals surface area (Å²) in [5, 5.41) is 0. The molecule has 1 aromatic heterocycles. The van der Waals surface area contributed by atoms with Crippen molar-refractivity contribution in [3.8, 4) is 0 Å². The molecule has 0 aliphatic heterocycles. The van der Waals surface area contributed by atoms with Gasteiger partial charge in [0.2, 0.25) is 0 Å². The minimum Gasteiger partial charge on any atom is -0.466 e. The summed E-state index contributed by atoms with van der Waals surface area (Å²) in [4.78, 5) is 0. The van der Waals surface area contributed by atoms with Crippen LogP contribution in [0.5, 0.6) is 0 Å². The average Bonchev–Trinajstić information content (AvgIpc) is 2.67. The van der Waals surface area contributed by atoms with E-state index in [2.05, 4.69) is 41.5 Å². The molecule has 0 amide bonds. The van der Waals surface area contributed by atoms with Crippen LogP contribution in [-0.4, -0.2) is 0 Å². The lowest BCUT2D eigenvalue weighted by molar-refractivity contribution is 0.498. The van der Waals surface area contributed by atoms with E-state index in [0.717, 1.165) is 17.1 Å². The van der Waals surface area contributed by atoms with Crippen molar-refractivity contribution < 1.29 is 4.42 Å². The summed E-state index contributed by atoms with van der Waals surface area (Å²) in [5.41, 5.74) is 16.9. The summed E-state index contributed by atoms with van der Waals surface area (Å²) in [5.74, 6) is 1.90. The summed E-state index contributed by atoms with van der Waals surface area (Å²) in [6, 6.07) is -0.125. The van der Waals surface area contributed by atoms with E-state index >= 15 is 0 Å². The molecule has 1 heterocycles. The smallest absolute Gasteiger partial charge is 0.106 e. The van der Waals surface area contributed by atoms with Crippen LogP contribution in [0.1, 0.15) is 62.1 Å². The Hall–Kier alpha value is -1.54. The Morgan fingerprint density at radius 3 is 1.38 bits per heavy atom. The van der Waals surface area contributed by atoms with Gasteiger partial charge in [0.1, 0.15) is 11.5 Å². The highest BCUT2D eigenvalue weighted by atomic mass is 16.3. The number of hydrogen-bond donors (Lipinski definition) is 1. The van der Waals surface area contributed by atoms with Crippen molar-refractivity contribution in [2.45, 2.75) is 61.4 Å². The van der Waals surface area contributed by atoms with E-state index in [1.807, 2.05) is 13.8 Å². The molecule has 1 unspecified atom stereocenters. The number of hydrogen-bond acceptors (Lipinski definition) is 2. The van der Waals surface area contributed by atoms with E-state index in [9.17, 15) is 0 Å². The number of benzene rings is 1. The van der Waals surface area contributed by atoms with Crippen molar-refractivity contribution in [2.24, 2.45) is 5.73 Å². The van der Waals surface area contributed by atoms with Gasteiger partial charge in [-0.1, -0.05) is 0 Å². The van der Waals surface area contributed by atoms with Crippen molar-refractivity contribution in [2.75, 3.05) is 0 Å². The van der Waals surface area contributed by atoms with Crippen molar-refractivity contribution >= 4 is 0 Å². The first-order valence-electron chi connectivity index (χ1n) is 7.57. The Morgan fingerprint density at radius 2 is 1.00 bits per heavy atom. The molecule has 2 aromatic rings. The molecule has 0 fully saturated rings. The Bertz CT molecular complexity index is 678. The SMILES string of the molecule is Cc1oc(C)c(C(N)c2c(C)c(C)c(C)c(C)c2C)c1C. The van der Waals surface area contributed by atoms with Crippen LogP contribution < -0.4 is 5.73 Å². The van der Waals surface area contributed by atoms with Gasteiger partial charge in [-0.05, 0) is 94.3 Å². The predicted octanol–water partition coefficient (Wildman–Crippen LogP) is 4.80. The summed E-state index contributed by atoms with van der Waals surface area (Å²) < 4.78 is 5.77. The molecule has 0 aliphatic rings. The maximum atomic E-state index is 6.66. The van der Waals surface area contributed by atoms with Crippen LogP contribution in [0.15, 0.2) is 4.42 Å². The third-order valence-corrected chi connectivity index (χ3v) is 5.30. The van der Waals surface area contributed by atoms with Gasteiger partial charge >= 0.3 is 0 Å². The second-order valence-electron chi connectivity index (χ2n) is 6.27. The van der Waals surface area contributed by atoms with Crippen molar-refractivity contribution in [3.63, 3.8) is 0 Å². The highest BCUT2D eigenvalue weighted by Gasteiger charge is 2.24. The Morgan fingerprint density at radius 1 is 0.571 bits per heavy atom. The largest absolute Gasteiger partial charge is 0.466 e. The first-order chi connectivity index (χ1) is 9.68. The molecule has 0 bridgehead atoms. The lowest BCUT2D eigenvalue weighted by Crippen LogP contribution is -2.18. The van der Waals surface area contributed by atoms with Gasteiger partial charge < -0.3 is 10.2 Å². The fraction of sp³-hybridized carbons (Fsp3) is 0.474. The normalized spacial score (nSPS) is 12.8. The van der Waals surface area contributed by atoms with Crippen LogP contribution in [0.25, 0.3) is 0 Å². The van der Waals surface area contributed by atoms with E-state index < -0.39 is 0 Å². The number of furan rings is 1. The van der Waals surface area contributed by atoms with E-state index in [1.54, 1.807) is 0 Å². The quantitative estimate of drug-likeness (QED) is 0.861. The van der Waals surface area contributed by atoms with Gasteiger partial charge in [-0.15, -0.1) is 0 Å². The number of aryl methyl sites for hydroxylation is 2. The lowest BCUT2D eigenvalue weighted by atomic mass is 9.83. The van der Waals surface area contributed by atoms with E-state index in [4.69, 9.17) is 10.2 Å². The van der Waals surface area contributed by atoms with Crippen LogP contribution >= 0.6 is 0 Å². The molecule has 2 N–H and O–H groups in total. The molecule has 2 heteroatoms. The monoisotopic (exact) mass is 285 g/mol. The number of nitrogens with two attached hydrogens (primary N) is 1. The molecule has 0 saturated carbocycles. The third-order valence-electron chi connectivity index (χ3n) is 5.30. The molecule has 2 nitrogen and oxygen atoms in total. The standard InChI is InChI=1S/C19H27NO/c1-9-10(2)12(4)17(13(5)11(9)3)19(20)18-14(6)15(7)21-16(18)8/h19H,20H2,1-8H3. The summed E-state index contributed by atoms with van der Waals surface area (Å²) in [7, 11) is 0. The minimum absolute atomic E-state index is 0.125. The van der Waals surface area contributed by atoms with Gasteiger partial charge in [-0.3, -0.25) is 0 Å². The fourth-order valence-electron chi connectivity index (χ4n) is 3.41. The van der Waals surface area contributed by atoms with Crippen LogP contribution in [0.4, 0.5) is 0 Å². The molecule has 0 aliphatic carbocycles. The lowest BCUT2D eigenvalue weighted by Gasteiger charge is -2.23. The molecule has 2 rings (SSSR count). The minimum atomic E-state index is -0.125. The van der Waals surface area contributed by atoms with Gasteiger partial charge in [0.15, 0.2) is 0 Å². The fourth-order valence-corrected chi connectivity index (χ4v) is 3.41. The van der Waals surface area contributed by atoms with Crippen molar-refractivity contribution in [1.82, 2.24) is 0 Å². The molecule has 1 atom stereocenters. The predicted molar refractivity (Wildman–Crippen MR) is 89.1 cm³/mol. The molecular formula is C19H27NO. The first-order valence-corrected chi connectivity index (χ1v) is 7.57. The Kier molecular flexibility index (Phi) is 4.03. The third kappa shape index (κ3) is 2.32. The summed E-state index contributed by atoms with van der Waals surface area (Å²) in [6.07, 6.45) is 0. The maximum Gasteiger partial charge on any atom is 0.106 e. The van der Waals surface area contributed by atoms with Gasteiger partial charge in [0.25, 0.3) is 0 Å². The van der Waals surface area contributed by atoms with Gasteiger partial charge in [-0.25, -0.2) is 0 Å². The summed E-state index contributed by atoms with van der Waals surface area (Å²) in [6.45, 7) is 17.0. The Labute approximate surface area is 128 Å². The molecular weight excluding hydrogens is 258 g/mol. The molecule has 0 saturated heterocycles. The van der Waals surface area contributed by atoms with Gasteiger partial charge in [0.05, 0.1) is 6.04 Å². The van der Waals surface area contributed by atoms with E-state index in [0.29, 0.717) is 0 Å². The molecule has 21 heavy (non-hydrogen) atoms. The van der Waals surface area contributed by atoms with Crippen LogP contribution in [0, 0.1) is 55.4 Å². The second-order valence-corrected chi connectivity index (χ2v) is 6.27. The van der Waals surface area contributed by atoms with E-state index in [-0.39, 0.29) is 6.04 Å². The van der Waals surface area contributed by atoms with Gasteiger partial charge in [0, 0.05) is 5.56 Å². The zero-order valence-corrected chi connectivity index (χ0v) is 14.6. The topological polar surface area (TPSA) is 39.2 Å². The molecule has 0 spiro atoms. The highest BCUT2D eigenvalue weighted by Crippen LogP contribution is 2.36. The molecule has 1 aromatic carbocycles. The first kappa shape index (κ1) is 15.8. The maximum absolute atomic E-state index is 6.66. The summed E-state index contributed by atoms with van der Waals surface area (Å²) >= 11 is 0. The zero-order valence-electron chi connectivity index (χ0n) is 14.6. The van der Waals surface area contributed by atoms with Crippen LogP contribution in [0.2, 0.25) is 0 Å². The molecule has 0 radical (unpaired) electrons. The number of rotatable bonds is 2. The zero-order chi connectivity index (χ0) is 16.1. The van der Waals surface area contributed by atoms with Gasteiger partial charge in [-0.2, -0.15) is 0 Å². The van der Waals surface area contributed by atoms with Crippen molar-refractivity contribution in [1.29, 1.82) is 0 Å². The van der Waals surface area contributed by atoms with E-state index in [1.165, 1.54) is 38.9 Å². The Balaban J connectivity index is 2.72. The van der Waals surface area contributed by atoms with Crippen LogP contribution in [0.3, 0.4) is 0 Å². The van der Waals surface area contributed by atoms with Crippen LogP contribution in [-0.2, 0) is 0 Å². The average molecular weight is 285 g/mol. The second kappa shape index (κ2) is 5.34.